The van der Waals surface area contributed by atoms with Gasteiger partial charge in [0.1, 0.15) is 0 Å². The summed E-state index contributed by atoms with van der Waals surface area (Å²) >= 11 is 0. The molecule has 1 fully saturated rings. The van der Waals surface area contributed by atoms with Gasteiger partial charge in [0.05, 0.1) is 28.7 Å². The summed E-state index contributed by atoms with van der Waals surface area (Å²) in [5.41, 5.74) is 0.525. The molecule has 140 valence electrons. The van der Waals surface area contributed by atoms with Crippen molar-refractivity contribution >= 4 is 25.7 Å². The van der Waals surface area contributed by atoms with E-state index in [-0.39, 0.29) is 9.79 Å². The standard InChI is InChI=1S/C17H20N2O5S2/c1-18(15-5-3-2-4-6-15)25(20,21)16-7-9-17(10-8-16)26(22,23)19-11-13-24-14-12-19/h2-10H,11-14H2,1H3. The average Bonchev–Trinajstić information content (AvgIpc) is 2.69. The van der Waals surface area contributed by atoms with E-state index in [1.807, 2.05) is 0 Å². The molecule has 1 aliphatic rings. The van der Waals surface area contributed by atoms with Crippen molar-refractivity contribution in [3.63, 3.8) is 0 Å². The summed E-state index contributed by atoms with van der Waals surface area (Å²) in [7, 11) is -5.96. The third-order valence-electron chi connectivity index (χ3n) is 4.21. The molecule has 0 spiro atoms. The summed E-state index contributed by atoms with van der Waals surface area (Å²) in [5.74, 6) is 0. The molecular weight excluding hydrogens is 376 g/mol. The molecule has 3 rings (SSSR count). The summed E-state index contributed by atoms with van der Waals surface area (Å²) < 4.78 is 58.4. The number of hydrogen-bond donors (Lipinski definition) is 0. The Balaban J connectivity index is 1.87. The van der Waals surface area contributed by atoms with E-state index in [4.69, 9.17) is 4.74 Å². The number of rotatable bonds is 5. The highest BCUT2D eigenvalue weighted by Gasteiger charge is 2.27. The largest absolute Gasteiger partial charge is 0.379 e. The van der Waals surface area contributed by atoms with Gasteiger partial charge in [-0.1, -0.05) is 18.2 Å². The van der Waals surface area contributed by atoms with Gasteiger partial charge in [0.15, 0.2) is 0 Å². The fourth-order valence-electron chi connectivity index (χ4n) is 2.65. The number of anilines is 1. The van der Waals surface area contributed by atoms with Crippen LogP contribution in [0.1, 0.15) is 0 Å². The van der Waals surface area contributed by atoms with E-state index in [1.165, 1.54) is 39.9 Å². The molecule has 26 heavy (non-hydrogen) atoms. The minimum Gasteiger partial charge on any atom is -0.379 e. The van der Waals surface area contributed by atoms with E-state index in [9.17, 15) is 16.8 Å². The molecule has 2 aromatic rings. The second-order valence-electron chi connectivity index (χ2n) is 5.80. The molecule has 1 aliphatic heterocycles. The zero-order chi connectivity index (χ0) is 18.8. The second kappa shape index (κ2) is 7.36. The Hall–Kier alpha value is -1.94. The number of morpholine rings is 1. The van der Waals surface area contributed by atoms with Crippen molar-refractivity contribution in [3.8, 4) is 0 Å². The lowest BCUT2D eigenvalue weighted by atomic mass is 10.3. The van der Waals surface area contributed by atoms with Gasteiger partial charge < -0.3 is 4.74 Å². The first-order chi connectivity index (χ1) is 12.3. The van der Waals surface area contributed by atoms with Crippen LogP contribution in [-0.4, -0.2) is 54.5 Å². The molecule has 1 heterocycles. The van der Waals surface area contributed by atoms with E-state index in [2.05, 4.69) is 0 Å². The first kappa shape index (κ1) is 18.8. The Kier molecular flexibility index (Phi) is 5.33. The molecule has 7 nitrogen and oxygen atoms in total. The van der Waals surface area contributed by atoms with Gasteiger partial charge in [-0.2, -0.15) is 4.31 Å². The molecule has 0 aromatic heterocycles. The molecule has 1 saturated heterocycles. The van der Waals surface area contributed by atoms with Crippen molar-refractivity contribution in [2.75, 3.05) is 37.7 Å². The Labute approximate surface area is 153 Å². The fraction of sp³-hybridized carbons (Fsp3) is 0.294. The van der Waals surface area contributed by atoms with Crippen LogP contribution in [0.2, 0.25) is 0 Å². The Morgan fingerprint density at radius 3 is 1.96 bits per heavy atom. The Bertz CT molecular complexity index is 952. The molecule has 0 aliphatic carbocycles. The maximum Gasteiger partial charge on any atom is 0.264 e. The van der Waals surface area contributed by atoms with E-state index < -0.39 is 20.0 Å². The second-order valence-corrected chi connectivity index (χ2v) is 9.70. The number of para-hydroxylation sites is 1. The molecule has 0 atom stereocenters. The Morgan fingerprint density at radius 1 is 0.846 bits per heavy atom. The van der Waals surface area contributed by atoms with Gasteiger partial charge in [0.2, 0.25) is 10.0 Å². The summed E-state index contributed by atoms with van der Waals surface area (Å²) in [4.78, 5) is 0.102. The maximum atomic E-state index is 12.7. The van der Waals surface area contributed by atoms with Crippen molar-refractivity contribution in [1.29, 1.82) is 0 Å². The molecule has 2 aromatic carbocycles. The highest BCUT2D eigenvalue weighted by atomic mass is 32.2. The van der Waals surface area contributed by atoms with Crippen LogP contribution in [0.4, 0.5) is 5.69 Å². The zero-order valence-corrected chi connectivity index (χ0v) is 15.9. The lowest BCUT2D eigenvalue weighted by molar-refractivity contribution is 0.0730. The van der Waals surface area contributed by atoms with Gasteiger partial charge in [-0.3, -0.25) is 4.31 Å². The van der Waals surface area contributed by atoms with Crippen LogP contribution in [0.25, 0.3) is 0 Å². The molecule has 0 bridgehead atoms. The normalized spacial score (nSPS) is 16.3. The average molecular weight is 396 g/mol. The van der Waals surface area contributed by atoms with Crippen LogP contribution in [-0.2, 0) is 24.8 Å². The number of ether oxygens (including phenoxy) is 1. The lowest BCUT2D eigenvalue weighted by Gasteiger charge is -2.26. The van der Waals surface area contributed by atoms with E-state index in [0.717, 1.165) is 0 Å². The van der Waals surface area contributed by atoms with Crippen molar-refractivity contribution < 1.29 is 21.6 Å². The number of nitrogens with zero attached hydrogens (tertiary/aromatic N) is 2. The zero-order valence-electron chi connectivity index (χ0n) is 14.3. The van der Waals surface area contributed by atoms with Crippen molar-refractivity contribution in [1.82, 2.24) is 4.31 Å². The van der Waals surface area contributed by atoms with Gasteiger partial charge in [-0.25, -0.2) is 16.8 Å². The topological polar surface area (TPSA) is 84.0 Å². The van der Waals surface area contributed by atoms with Gasteiger partial charge >= 0.3 is 0 Å². The van der Waals surface area contributed by atoms with Gasteiger partial charge in [-0.05, 0) is 36.4 Å². The summed E-state index contributed by atoms with van der Waals surface area (Å²) in [5, 5.41) is 0. The first-order valence-corrected chi connectivity index (χ1v) is 10.9. The SMILES string of the molecule is CN(c1ccccc1)S(=O)(=O)c1ccc(S(=O)(=O)N2CCOCC2)cc1. The van der Waals surface area contributed by atoms with Crippen molar-refractivity contribution in [2.45, 2.75) is 9.79 Å². The predicted octanol–water partition coefficient (Wildman–Crippen LogP) is 1.53. The number of sulfonamides is 2. The molecule has 0 radical (unpaired) electrons. The van der Waals surface area contributed by atoms with Crippen LogP contribution in [0, 0.1) is 0 Å². The molecule has 9 heteroatoms. The molecule has 0 amide bonds. The lowest BCUT2D eigenvalue weighted by Crippen LogP contribution is -2.40. The predicted molar refractivity (Wildman–Crippen MR) is 98.1 cm³/mol. The quantitative estimate of drug-likeness (QED) is 0.765. The molecule has 0 saturated carbocycles. The number of benzene rings is 2. The van der Waals surface area contributed by atoms with E-state index in [0.29, 0.717) is 32.0 Å². The maximum absolute atomic E-state index is 12.7. The van der Waals surface area contributed by atoms with Crippen LogP contribution >= 0.6 is 0 Å². The number of hydrogen-bond acceptors (Lipinski definition) is 5. The van der Waals surface area contributed by atoms with Crippen molar-refractivity contribution in [2.24, 2.45) is 0 Å². The van der Waals surface area contributed by atoms with E-state index in [1.54, 1.807) is 30.3 Å². The summed E-state index contributed by atoms with van der Waals surface area (Å²) in [6, 6.07) is 14.0. The van der Waals surface area contributed by atoms with Crippen LogP contribution in [0.3, 0.4) is 0 Å². The highest BCUT2D eigenvalue weighted by Crippen LogP contribution is 2.24. The first-order valence-electron chi connectivity index (χ1n) is 8.05. The fourth-order valence-corrected chi connectivity index (χ4v) is 5.26. The van der Waals surface area contributed by atoms with E-state index >= 15 is 0 Å². The van der Waals surface area contributed by atoms with Crippen molar-refractivity contribution in [3.05, 3.63) is 54.6 Å². The van der Waals surface area contributed by atoms with Gasteiger partial charge in [0, 0.05) is 20.1 Å². The smallest absolute Gasteiger partial charge is 0.264 e. The molecular formula is C17H20N2O5S2. The summed E-state index contributed by atoms with van der Waals surface area (Å²) in [6.07, 6.45) is 0. The summed E-state index contributed by atoms with van der Waals surface area (Å²) in [6.45, 7) is 1.29. The van der Waals surface area contributed by atoms with Gasteiger partial charge in [0.25, 0.3) is 10.0 Å². The highest BCUT2D eigenvalue weighted by molar-refractivity contribution is 7.92. The van der Waals surface area contributed by atoms with Crippen LogP contribution in [0.5, 0.6) is 0 Å². The minimum atomic E-state index is -3.77. The van der Waals surface area contributed by atoms with Gasteiger partial charge in [-0.15, -0.1) is 0 Å². The molecule has 0 N–H and O–H groups in total. The monoisotopic (exact) mass is 396 g/mol. The van der Waals surface area contributed by atoms with Crippen LogP contribution in [0.15, 0.2) is 64.4 Å². The minimum absolute atomic E-state index is 0.0322. The Morgan fingerprint density at radius 2 is 1.38 bits per heavy atom. The third kappa shape index (κ3) is 3.61. The van der Waals surface area contributed by atoms with Crippen LogP contribution < -0.4 is 4.31 Å². The third-order valence-corrected chi connectivity index (χ3v) is 7.92. The molecule has 0 unspecified atom stereocenters.